The average Bonchev–Trinajstić information content (AvgIpc) is 0.811. The summed E-state index contributed by atoms with van der Waals surface area (Å²) in [5, 5.41) is 13.6. The molecule has 0 spiro atoms. The third-order valence-corrected chi connectivity index (χ3v) is 0. The zero-order chi connectivity index (χ0) is 3.58. The van der Waals surface area contributed by atoms with Crippen LogP contribution in [0.5, 0.6) is 0 Å². The first kappa shape index (κ1) is 115. The number of hydrogen-bond donors (Lipinski definition) is 1. The normalized spacial score (nSPS) is 2.18. The Kier molecular flexibility index (Phi) is 890. The summed E-state index contributed by atoms with van der Waals surface area (Å²) in [6, 6.07) is 0. The van der Waals surface area contributed by atoms with E-state index in [0.717, 1.165) is 0 Å². The third kappa shape index (κ3) is 23800. The van der Waals surface area contributed by atoms with E-state index in [2.05, 4.69) is 0 Å². The molecule has 74 valence electrons. The Morgan fingerprint density at radius 1 is 0.909 bits per heavy atom. The Balaban J connectivity index is -0.00000000214. The Bertz CT molecular complexity index is 35.1. The van der Waals surface area contributed by atoms with Gasteiger partial charge >= 0.3 is 0 Å². The van der Waals surface area contributed by atoms with Gasteiger partial charge in [-0.05, 0) is 0 Å². The first-order chi connectivity index (χ1) is 1.73. The fourth-order valence-electron chi connectivity index (χ4n) is 0. The first-order valence-corrected chi connectivity index (χ1v) is 0.565. The minimum absolute atomic E-state index is 0. The van der Waals surface area contributed by atoms with Crippen LogP contribution in [0.1, 0.15) is 0 Å². The summed E-state index contributed by atoms with van der Waals surface area (Å²) in [7, 11) is 0. The predicted molar refractivity (Wildman–Crippen MR) is 12.2 cm³/mol. The third-order valence-electron chi connectivity index (χ3n) is 0. The molecule has 1 N–H and O–H groups in total. The molecule has 0 atom stereocenters. The second-order valence-electron chi connectivity index (χ2n) is 0.238. The van der Waals surface area contributed by atoms with E-state index < -0.39 is 5.09 Å². The van der Waals surface area contributed by atoms with E-state index in [9.17, 15) is 0 Å². The van der Waals surface area contributed by atoms with Gasteiger partial charge in [0.1, 0.15) is 0 Å². The van der Waals surface area contributed by atoms with Gasteiger partial charge in [-0.1, -0.05) is 0 Å². The fourth-order valence-corrected chi connectivity index (χ4v) is 0. The molecule has 0 aromatic rings. The Morgan fingerprint density at radius 3 is 0.909 bits per heavy atom. The van der Waals surface area contributed by atoms with Gasteiger partial charge in [-0.15, -0.1) is 10.1 Å². The van der Waals surface area contributed by atoms with Gasteiger partial charge in [0, 0.05) is 37.1 Å². The average molecular weight is 245 g/mol. The summed E-state index contributed by atoms with van der Waals surface area (Å²) in [6.07, 6.45) is 0. The van der Waals surface area contributed by atoms with Crippen molar-refractivity contribution in [3.63, 3.8) is 0 Å². The van der Waals surface area contributed by atoms with Crippen LogP contribution >= 0.6 is 0 Å². The zero-order valence-electron chi connectivity index (χ0n) is 4.65. The molecule has 11 heavy (non-hydrogen) atoms. The Labute approximate surface area is 85.2 Å². The van der Waals surface area contributed by atoms with E-state index in [1.165, 1.54) is 0 Å². The molecule has 9 nitrogen and oxygen atoms in total. The monoisotopic (exact) mass is 245 g/mol. The zero-order valence-corrected chi connectivity index (χ0v) is 7.44. The Hall–Kier alpha value is 0.169. The second kappa shape index (κ2) is 85.1. The Morgan fingerprint density at radius 2 is 0.909 bits per heavy atom. The van der Waals surface area contributed by atoms with Gasteiger partial charge in [0.25, 0.3) is 5.09 Å². The van der Waals surface area contributed by atoms with Crippen molar-refractivity contribution in [2.45, 2.75) is 0 Å². The molecule has 0 rings (SSSR count). The van der Waals surface area contributed by atoms with E-state index in [4.69, 9.17) is 15.3 Å². The molecule has 0 heterocycles. The van der Waals surface area contributed by atoms with E-state index in [1.807, 2.05) is 0 Å². The van der Waals surface area contributed by atoms with Gasteiger partial charge in [0.15, 0.2) is 0 Å². The van der Waals surface area contributed by atoms with Crippen molar-refractivity contribution in [3.05, 3.63) is 10.1 Å². The molecule has 0 saturated heterocycles. The van der Waals surface area contributed by atoms with E-state index in [1.54, 1.807) is 0 Å². The first-order valence-electron chi connectivity index (χ1n) is 0.565. The topological polar surface area (TPSA) is 206 Å². The molecular weight excluding hydrogens is 244 g/mol. The molecule has 0 unspecified atom stereocenters. The van der Waals surface area contributed by atoms with E-state index in [0.29, 0.717) is 0 Å². The van der Waals surface area contributed by atoms with Crippen LogP contribution in [-0.4, -0.2) is 10.3 Å². The summed E-state index contributed by atoms with van der Waals surface area (Å²) in [5.41, 5.74) is 0. The van der Waals surface area contributed by atoms with Crippen molar-refractivity contribution in [1.29, 1.82) is 0 Å². The summed E-state index contributed by atoms with van der Waals surface area (Å²) in [5.74, 6) is 0. The van der Waals surface area contributed by atoms with Crippen LogP contribution in [0.3, 0.4) is 0 Å². The minimum atomic E-state index is -1.50. The molecule has 0 aromatic carbocycles. The van der Waals surface area contributed by atoms with Crippen LogP contribution < -0.4 is 0 Å². The molecular formula is HNO8V2-10. The smallest absolute Gasteiger partial charge is 0.291 e. The van der Waals surface area contributed by atoms with Crippen molar-refractivity contribution in [2.75, 3.05) is 0 Å². The van der Waals surface area contributed by atoms with Gasteiger partial charge in [-0.3, -0.25) is 0 Å². The molecule has 0 aliphatic heterocycles. The SMILES string of the molecule is O=[N+]([O-])O.[O-2].[O-2].[O-2].[O-2].[O-2].[V].[V]. The van der Waals surface area contributed by atoms with Gasteiger partial charge in [0.2, 0.25) is 0 Å². The van der Waals surface area contributed by atoms with Gasteiger partial charge in [0.05, 0.1) is 0 Å². The standard InChI is InChI=1S/HNO3.5O.2V/c2-1(3)4;;;;;;;/h(H,2,3,4);;;;;;;/q;5*-2;;. The molecule has 0 bridgehead atoms. The fraction of sp³-hybridized carbons (Fsp3) is 0. The van der Waals surface area contributed by atoms with Crippen LogP contribution in [0, 0.1) is 10.1 Å². The second-order valence-corrected chi connectivity index (χ2v) is 0.238. The summed E-state index contributed by atoms with van der Waals surface area (Å²) in [4.78, 5) is 8.36. The van der Waals surface area contributed by atoms with Crippen molar-refractivity contribution in [1.82, 2.24) is 0 Å². The van der Waals surface area contributed by atoms with Gasteiger partial charge in [-0.2, -0.15) is 0 Å². The maximum absolute atomic E-state index is 8.36. The molecule has 11 heteroatoms. The summed E-state index contributed by atoms with van der Waals surface area (Å²) in [6.45, 7) is 0. The van der Waals surface area contributed by atoms with Crippen LogP contribution in [0.25, 0.3) is 0 Å². The van der Waals surface area contributed by atoms with E-state index >= 15 is 0 Å². The van der Waals surface area contributed by atoms with Crippen LogP contribution in [0.2, 0.25) is 0 Å². The number of hydrogen-bond acceptors (Lipinski definition) is 2. The maximum Gasteiger partial charge on any atom is 0.291 e. The quantitative estimate of drug-likeness (QED) is 0.423. The van der Waals surface area contributed by atoms with Gasteiger partial charge in [-0.25, -0.2) is 0 Å². The molecule has 0 aliphatic carbocycles. The van der Waals surface area contributed by atoms with Crippen molar-refractivity contribution >= 4 is 0 Å². The molecule has 0 aromatic heterocycles. The van der Waals surface area contributed by atoms with E-state index in [-0.39, 0.29) is 64.5 Å². The molecule has 2 radical (unpaired) electrons. The number of nitrogens with zero attached hydrogens (tertiary/aromatic N) is 1. The van der Waals surface area contributed by atoms with Crippen LogP contribution in [-0.2, 0) is 64.5 Å². The number of rotatable bonds is 0. The van der Waals surface area contributed by atoms with Crippen molar-refractivity contribution in [2.24, 2.45) is 0 Å². The molecule has 0 amide bonds. The largest absolute Gasteiger partial charge is 2.00 e. The summed E-state index contributed by atoms with van der Waals surface area (Å²) >= 11 is 0. The minimum Gasteiger partial charge on any atom is -2.00 e. The van der Waals surface area contributed by atoms with Gasteiger partial charge < -0.3 is 32.6 Å². The molecule has 0 aliphatic rings. The van der Waals surface area contributed by atoms with Crippen molar-refractivity contribution in [3.8, 4) is 0 Å². The summed E-state index contributed by atoms with van der Waals surface area (Å²) < 4.78 is 0. The van der Waals surface area contributed by atoms with Crippen molar-refractivity contribution < 1.29 is 74.8 Å². The predicted octanol–water partition coefficient (Wildman–Crippen LogP) is -0.947. The van der Waals surface area contributed by atoms with Crippen LogP contribution in [0.4, 0.5) is 0 Å². The molecule has 0 saturated carbocycles. The maximum atomic E-state index is 8.36. The van der Waals surface area contributed by atoms with Crippen LogP contribution in [0.15, 0.2) is 0 Å². The molecule has 0 fully saturated rings.